The minimum atomic E-state index is -0.675. The van der Waals surface area contributed by atoms with E-state index in [-0.39, 0.29) is 30.7 Å². The molecule has 0 spiro atoms. The topological polar surface area (TPSA) is 137 Å². The van der Waals surface area contributed by atoms with Crippen LogP contribution in [-0.4, -0.2) is 39.6 Å². The first-order valence-electron chi connectivity index (χ1n) is 11.3. The highest BCUT2D eigenvalue weighted by atomic mass is 16.2. The van der Waals surface area contributed by atoms with Crippen molar-refractivity contribution in [3.05, 3.63) is 64.3 Å². The summed E-state index contributed by atoms with van der Waals surface area (Å²) < 4.78 is 0. The van der Waals surface area contributed by atoms with Crippen molar-refractivity contribution in [2.24, 2.45) is 5.73 Å². The van der Waals surface area contributed by atoms with E-state index in [0.717, 1.165) is 27.6 Å². The third-order valence-corrected chi connectivity index (χ3v) is 6.61. The Morgan fingerprint density at radius 3 is 2.76 bits per heavy atom. The van der Waals surface area contributed by atoms with Crippen molar-refractivity contribution in [3.8, 4) is 0 Å². The van der Waals surface area contributed by atoms with E-state index in [1.807, 2.05) is 25.1 Å². The first kappa shape index (κ1) is 21.8. The number of fused-ring (bicyclic) bond motifs is 2. The van der Waals surface area contributed by atoms with E-state index in [2.05, 4.69) is 15.6 Å². The average molecular weight is 460 g/mol. The Morgan fingerprint density at radius 2 is 2.03 bits per heavy atom. The molecule has 1 aromatic heterocycles. The number of hydrogen-bond acceptors (Lipinski definition) is 5. The van der Waals surface area contributed by atoms with Crippen LogP contribution in [0.2, 0.25) is 0 Å². The van der Waals surface area contributed by atoms with Crippen LogP contribution in [0.1, 0.15) is 57.3 Å². The van der Waals surface area contributed by atoms with Gasteiger partial charge in [-0.25, -0.2) is 0 Å². The summed E-state index contributed by atoms with van der Waals surface area (Å²) in [4.78, 5) is 54.5. The molecule has 0 saturated carbocycles. The fourth-order valence-corrected chi connectivity index (χ4v) is 4.91. The van der Waals surface area contributed by atoms with Gasteiger partial charge in [-0.05, 0) is 47.7 Å². The van der Waals surface area contributed by atoms with Crippen LogP contribution in [0.15, 0.2) is 36.4 Å². The smallest absolute Gasteiger partial charge is 0.272 e. The first-order chi connectivity index (χ1) is 16.4. The highest BCUT2D eigenvalue weighted by molar-refractivity contribution is 6.09. The quantitative estimate of drug-likeness (QED) is 0.434. The highest BCUT2D eigenvalue weighted by Crippen LogP contribution is 2.30. The number of hydrogen-bond donors (Lipinski definition) is 4. The first-order valence-corrected chi connectivity index (χ1v) is 11.3. The van der Waals surface area contributed by atoms with Gasteiger partial charge in [0.2, 0.25) is 11.8 Å². The molecule has 0 bridgehead atoms. The molecule has 0 radical (unpaired) electrons. The van der Waals surface area contributed by atoms with Gasteiger partial charge in [-0.2, -0.15) is 0 Å². The Kier molecular flexibility index (Phi) is 5.41. The Labute approximate surface area is 195 Å². The molecule has 174 valence electrons. The summed E-state index contributed by atoms with van der Waals surface area (Å²) >= 11 is 0. The van der Waals surface area contributed by atoms with Crippen LogP contribution in [0.3, 0.4) is 0 Å². The van der Waals surface area contributed by atoms with E-state index in [9.17, 15) is 19.2 Å². The van der Waals surface area contributed by atoms with E-state index < -0.39 is 11.9 Å². The predicted octanol–water partition coefficient (Wildman–Crippen LogP) is 2.20. The maximum absolute atomic E-state index is 13.2. The molecule has 1 saturated heterocycles. The van der Waals surface area contributed by atoms with Crippen molar-refractivity contribution in [2.75, 3.05) is 5.32 Å². The molecule has 9 nitrogen and oxygen atoms in total. The number of amides is 4. The van der Waals surface area contributed by atoms with Crippen LogP contribution >= 0.6 is 0 Å². The Hall–Kier alpha value is -3.98. The molecule has 4 amide bonds. The monoisotopic (exact) mass is 459 g/mol. The molecule has 1 atom stereocenters. The molecule has 1 fully saturated rings. The SMILES string of the molecule is CCc1c(C(=O)Nc2ccc3c(c2)CN(C2CCC(=O)NC2=O)C3=O)[nH]c2c(CN)cccc12. The van der Waals surface area contributed by atoms with Gasteiger partial charge in [-0.15, -0.1) is 0 Å². The molecular formula is C25H25N5O4. The molecule has 5 rings (SSSR count). The average Bonchev–Trinajstić information content (AvgIpc) is 3.36. The second-order valence-electron chi connectivity index (χ2n) is 8.60. The number of para-hydroxylation sites is 1. The number of benzene rings is 2. The molecule has 0 aliphatic carbocycles. The normalized spacial score (nSPS) is 17.8. The standard InChI is InChI=1S/C25H25N5O4/c1-2-16-18-5-3-4-13(11-26)21(18)29-22(16)24(33)27-15-6-7-17-14(10-15)12-30(25(17)34)19-8-9-20(31)28-23(19)32/h3-7,10,19,29H,2,8-9,11-12,26H2,1H3,(H,27,33)(H,28,31,32). The molecule has 1 unspecified atom stereocenters. The van der Waals surface area contributed by atoms with Crippen LogP contribution in [0.4, 0.5) is 5.69 Å². The number of carbonyl (C=O) groups is 4. The number of carbonyl (C=O) groups excluding carboxylic acids is 4. The van der Waals surface area contributed by atoms with Gasteiger partial charge in [-0.3, -0.25) is 24.5 Å². The van der Waals surface area contributed by atoms with Gasteiger partial charge < -0.3 is 20.9 Å². The molecule has 3 aromatic rings. The van der Waals surface area contributed by atoms with Crippen molar-refractivity contribution < 1.29 is 19.2 Å². The van der Waals surface area contributed by atoms with Crippen LogP contribution < -0.4 is 16.4 Å². The summed E-state index contributed by atoms with van der Waals surface area (Å²) in [5.74, 6) is -1.30. The van der Waals surface area contributed by atoms with Crippen LogP contribution in [0, 0.1) is 0 Å². The number of aromatic nitrogens is 1. The molecule has 2 aromatic carbocycles. The van der Waals surface area contributed by atoms with Gasteiger partial charge >= 0.3 is 0 Å². The fourth-order valence-electron chi connectivity index (χ4n) is 4.91. The van der Waals surface area contributed by atoms with Gasteiger partial charge in [0.05, 0.1) is 5.52 Å². The number of imide groups is 1. The summed E-state index contributed by atoms with van der Waals surface area (Å²) in [7, 11) is 0. The summed E-state index contributed by atoms with van der Waals surface area (Å²) in [5, 5.41) is 6.21. The summed E-state index contributed by atoms with van der Waals surface area (Å²) in [6, 6.07) is 10.3. The molecule has 2 aliphatic rings. The Balaban J connectivity index is 1.39. The maximum atomic E-state index is 13.2. The Bertz CT molecular complexity index is 1360. The molecule has 3 heterocycles. The largest absolute Gasteiger partial charge is 0.350 e. The zero-order chi connectivity index (χ0) is 24.0. The second kappa shape index (κ2) is 8.42. The summed E-state index contributed by atoms with van der Waals surface area (Å²) in [6.07, 6.45) is 1.18. The lowest BCUT2D eigenvalue weighted by molar-refractivity contribution is -0.136. The van der Waals surface area contributed by atoms with Crippen molar-refractivity contribution in [1.29, 1.82) is 0 Å². The number of nitrogens with one attached hydrogen (secondary N) is 3. The van der Waals surface area contributed by atoms with E-state index in [1.54, 1.807) is 18.2 Å². The zero-order valence-corrected chi connectivity index (χ0v) is 18.7. The predicted molar refractivity (Wildman–Crippen MR) is 126 cm³/mol. The van der Waals surface area contributed by atoms with E-state index in [1.165, 1.54) is 4.90 Å². The zero-order valence-electron chi connectivity index (χ0n) is 18.7. The van der Waals surface area contributed by atoms with Crippen LogP contribution in [-0.2, 0) is 29.1 Å². The number of nitrogens with zero attached hydrogens (tertiary/aromatic N) is 1. The van der Waals surface area contributed by atoms with Crippen LogP contribution in [0.5, 0.6) is 0 Å². The van der Waals surface area contributed by atoms with Crippen molar-refractivity contribution in [2.45, 2.75) is 45.3 Å². The van der Waals surface area contributed by atoms with Crippen LogP contribution in [0.25, 0.3) is 10.9 Å². The lowest BCUT2D eigenvalue weighted by Crippen LogP contribution is -2.52. The maximum Gasteiger partial charge on any atom is 0.272 e. The minimum absolute atomic E-state index is 0.202. The third kappa shape index (κ3) is 3.54. The highest BCUT2D eigenvalue weighted by Gasteiger charge is 2.39. The lowest BCUT2D eigenvalue weighted by Gasteiger charge is -2.29. The third-order valence-electron chi connectivity index (χ3n) is 6.61. The number of aromatic amines is 1. The molecule has 2 aliphatic heterocycles. The fraction of sp³-hybridized carbons (Fsp3) is 0.280. The van der Waals surface area contributed by atoms with Gasteiger partial charge in [0.1, 0.15) is 11.7 Å². The summed E-state index contributed by atoms with van der Waals surface area (Å²) in [6.45, 7) is 2.61. The summed E-state index contributed by atoms with van der Waals surface area (Å²) in [5.41, 5.74) is 10.9. The van der Waals surface area contributed by atoms with Gasteiger partial charge in [0.15, 0.2) is 0 Å². The molecule has 34 heavy (non-hydrogen) atoms. The number of piperidine rings is 1. The van der Waals surface area contributed by atoms with Crippen molar-refractivity contribution in [1.82, 2.24) is 15.2 Å². The number of nitrogens with two attached hydrogens (primary N) is 1. The Morgan fingerprint density at radius 1 is 1.21 bits per heavy atom. The van der Waals surface area contributed by atoms with Crippen molar-refractivity contribution in [3.63, 3.8) is 0 Å². The van der Waals surface area contributed by atoms with E-state index in [0.29, 0.717) is 36.3 Å². The number of aryl methyl sites for hydroxylation is 1. The minimum Gasteiger partial charge on any atom is -0.350 e. The molecule has 9 heteroatoms. The molecular weight excluding hydrogens is 434 g/mol. The number of anilines is 1. The van der Waals surface area contributed by atoms with Gasteiger partial charge in [-0.1, -0.05) is 25.1 Å². The van der Waals surface area contributed by atoms with Crippen molar-refractivity contribution >= 4 is 40.2 Å². The van der Waals surface area contributed by atoms with E-state index >= 15 is 0 Å². The van der Waals surface area contributed by atoms with Gasteiger partial charge in [0.25, 0.3) is 11.8 Å². The second-order valence-corrected chi connectivity index (χ2v) is 8.60. The molecule has 5 N–H and O–H groups in total. The lowest BCUT2D eigenvalue weighted by atomic mass is 10.0. The number of rotatable bonds is 5. The number of H-pyrrole nitrogens is 1. The van der Waals surface area contributed by atoms with E-state index in [4.69, 9.17) is 5.73 Å². The van der Waals surface area contributed by atoms with Gasteiger partial charge in [0, 0.05) is 36.1 Å².